The topological polar surface area (TPSA) is 76.0 Å². The van der Waals surface area contributed by atoms with Crippen molar-refractivity contribution in [1.29, 1.82) is 0 Å². The summed E-state index contributed by atoms with van der Waals surface area (Å²) >= 11 is 0. The van der Waals surface area contributed by atoms with Crippen LogP contribution in [0.1, 0.15) is 33.3 Å². The van der Waals surface area contributed by atoms with Crippen molar-refractivity contribution in [2.24, 2.45) is 18.9 Å². The molecule has 0 saturated heterocycles. The maximum Gasteiger partial charge on any atom is 0.228 e. The summed E-state index contributed by atoms with van der Waals surface area (Å²) in [7, 11) is 1.78. The lowest BCUT2D eigenvalue weighted by Crippen LogP contribution is -2.27. The summed E-state index contributed by atoms with van der Waals surface area (Å²) in [6.45, 7) is 7.66. The number of anilines is 1. The SMILES string of the molecule is CC(C)C(=O)NCc1cn(C)nc1NC(=O)C(C)C. The third-order valence-corrected chi connectivity index (χ3v) is 2.65. The van der Waals surface area contributed by atoms with Gasteiger partial charge in [0, 0.05) is 37.2 Å². The van der Waals surface area contributed by atoms with E-state index >= 15 is 0 Å². The van der Waals surface area contributed by atoms with E-state index in [9.17, 15) is 9.59 Å². The Morgan fingerprint density at radius 2 is 1.79 bits per heavy atom. The minimum atomic E-state index is -0.111. The molecule has 1 aromatic rings. The first-order valence-corrected chi connectivity index (χ1v) is 6.42. The van der Waals surface area contributed by atoms with Gasteiger partial charge in [0.25, 0.3) is 0 Å². The Kier molecular flexibility index (Phi) is 5.09. The Morgan fingerprint density at radius 1 is 1.21 bits per heavy atom. The fourth-order valence-corrected chi connectivity index (χ4v) is 1.42. The highest BCUT2D eigenvalue weighted by Crippen LogP contribution is 2.13. The predicted octanol–water partition coefficient (Wildman–Crippen LogP) is 1.29. The van der Waals surface area contributed by atoms with E-state index in [4.69, 9.17) is 0 Å². The van der Waals surface area contributed by atoms with Crippen LogP contribution >= 0.6 is 0 Å². The van der Waals surface area contributed by atoms with Crippen molar-refractivity contribution in [3.8, 4) is 0 Å². The molecule has 6 nitrogen and oxygen atoms in total. The predicted molar refractivity (Wildman–Crippen MR) is 73.4 cm³/mol. The molecular formula is C13H22N4O2. The summed E-state index contributed by atoms with van der Waals surface area (Å²) in [5.41, 5.74) is 0.797. The third-order valence-electron chi connectivity index (χ3n) is 2.65. The van der Waals surface area contributed by atoms with Crippen LogP contribution in [0.5, 0.6) is 0 Å². The molecule has 19 heavy (non-hydrogen) atoms. The van der Waals surface area contributed by atoms with E-state index < -0.39 is 0 Å². The Labute approximate surface area is 113 Å². The van der Waals surface area contributed by atoms with Crippen LogP contribution in [0, 0.1) is 11.8 Å². The number of nitrogens with one attached hydrogen (secondary N) is 2. The summed E-state index contributed by atoms with van der Waals surface area (Å²) in [6, 6.07) is 0. The Hall–Kier alpha value is -1.85. The number of carbonyl (C=O) groups is 2. The molecule has 0 fully saturated rings. The van der Waals surface area contributed by atoms with Crippen LogP contribution in [0.2, 0.25) is 0 Å². The molecular weight excluding hydrogens is 244 g/mol. The quantitative estimate of drug-likeness (QED) is 0.843. The molecule has 0 atom stereocenters. The lowest BCUT2D eigenvalue weighted by molar-refractivity contribution is -0.124. The van der Waals surface area contributed by atoms with E-state index in [0.29, 0.717) is 12.4 Å². The summed E-state index contributed by atoms with van der Waals surface area (Å²) < 4.78 is 1.62. The van der Waals surface area contributed by atoms with Crippen LogP contribution in [0.15, 0.2) is 6.20 Å². The summed E-state index contributed by atoms with van der Waals surface area (Å²) in [6.07, 6.45) is 1.79. The monoisotopic (exact) mass is 266 g/mol. The molecule has 1 aromatic heterocycles. The van der Waals surface area contributed by atoms with Gasteiger partial charge in [-0.3, -0.25) is 14.3 Å². The van der Waals surface area contributed by atoms with Gasteiger partial charge in [0.15, 0.2) is 5.82 Å². The van der Waals surface area contributed by atoms with Crippen LogP contribution < -0.4 is 10.6 Å². The largest absolute Gasteiger partial charge is 0.352 e. The van der Waals surface area contributed by atoms with Gasteiger partial charge in [-0.2, -0.15) is 5.10 Å². The van der Waals surface area contributed by atoms with E-state index in [1.54, 1.807) is 17.9 Å². The second kappa shape index (κ2) is 6.36. The van der Waals surface area contributed by atoms with Crippen molar-refractivity contribution in [2.45, 2.75) is 34.2 Å². The number of amides is 2. The Bertz CT molecular complexity index is 463. The fraction of sp³-hybridized carbons (Fsp3) is 0.615. The maximum absolute atomic E-state index is 11.7. The first-order chi connectivity index (χ1) is 8.81. The standard InChI is InChI=1S/C13H22N4O2/c1-8(2)12(18)14-6-10-7-17(5)16-11(10)15-13(19)9(3)4/h7-9H,6H2,1-5H3,(H,14,18)(H,15,16,19). The lowest BCUT2D eigenvalue weighted by atomic mass is 10.2. The highest BCUT2D eigenvalue weighted by molar-refractivity contribution is 5.91. The minimum Gasteiger partial charge on any atom is -0.352 e. The van der Waals surface area contributed by atoms with Gasteiger partial charge in [0.1, 0.15) is 0 Å². The smallest absolute Gasteiger partial charge is 0.228 e. The zero-order valence-electron chi connectivity index (χ0n) is 12.2. The average molecular weight is 266 g/mol. The summed E-state index contributed by atoms with van der Waals surface area (Å²) in [5, 5.41) is 9.76. The maximum atomic E-state index is 11.7. The molecule has 0 spiro atoms. The van der Waals surface area contributed by atoms with Crippen molar-refractivity contribution >= 4 is 17.6 Å². The molecule has 0 aliphatic rings. The zero-order chi connectivity index (χ0) is 14.6. The minimum absolute atomic E-state index is 0.0232. The van der Waals surface area contributed by atoms with Gasteiger partial charge in [-0.05, 0) is 0 Å². The van der Waals surface area contributed by atoms with Gasteiger partial charge in [0.2, 0.25) is 11.8 Å². The molecule has 1 heterocycles. The van der Waals surface area contributed by atoms with E-state index in [0.717, 1.165) is 5.56 Å². The number of rotatable bonds is 5. The van der Waals surface area contributed by atoms with Crippen LogP contribution in [0.25, 0.3) is 0 Å². The molecule has 2 amide bonds. The molecule has 0 aliphatic heterocycles. The number of nitrogens with zero attached hydrogens (tertiary/aromatic N) is 2. The molecule has 0 radical (unpaired) electrons. The number of carbonyl (C=O) groups excluding carboxylic acids is 2. The molecule has 106 valence electrons. The molecule has 1 rings (SSSR count). The van der Waals surface area contributed by atoms with Crippen LogP contribution in [-0.2, 0) is 23.2 Å². The molecule has 0 saturated carbocycles. The molecule has 0 unspecified atom stereocenters. The van der Waals surface area contributed by atoms with Crippen molar-refractivity contribution in [1.82, 2.24) is 15.1 Å². The number of aryl methyl sites for hydroxylation is 1. The highest BCUT2D eigenvalue weighted by atomic mass is 16.2. The second-order valence-corrected chi connectivity index (χ2v) is 5.19. The summed E-state index contributed by atoms with van der Waals surface area (Å²) in [5.74, 6) is 0.218. The van der Waals surface area contributed by atoms with Crippen molar-refractivity contribution < 1.29 is 9.59 Å². The van der Waals surface area contributed by atoms with Gasteiger partial charge in [-0.25, -0.2) is 0 Å². The first-order valence-electron chi connectivity index (χ1n) is 6.42. The molecule has 0 bridgehead atoms. The Balaban J connectivity index is 2.73. The lowest BCUT2D eigenvalue weighted by Gasteiger charge is -2.09. The molecule has 2 N–H and O–H groups in total. The van der Waals surface area contributed by atoms with Gasteiger partial charge in [-0.15, -0.1) is 0 Å². The van der Waals surface area contributed by atoms with Gasteiger partial charge < -0.3 is 10.6 Å². The molecule has 0 aromatic carbocycles. The normalized spacial score (nSPS) is 10.9. The third kappa shape index (κ3) is 4.39. The van der Waals surface area contributed by atoms with Crippen molar-refractivity contribution in [2.75, 3.05) is 5.32 Å². The van der Waals surface area contributed by atoms with Gasteiger partial charge in [0.05, 0.1) is 0 Å². The second-order valence-electron chi connectivity index (χ2n) is 5.19. The van der Waals surface area contributed by atoms with E-state index in [1.165, 1.54) is 0 Å². The van der Waals surface area contributed by atoms with E-state index in [2.05, 4.69) is 15.7 Å². The van der Waals surface area contributed by atoms with Gasteiger partial charge >= 0.3 is 0 Å². The first kappa shape index (κ1) is 15.2. The molecule has 6 heteroatoms. The van der Waals surface area contributed by atoms with Crippen LogP contribution in [-0.4, -0.2) is 21.6 Å². The van der Waals surface area contributed by atoms with Crippen LogP contribution in [0.4, 0.5) is 5.82 Å². The Morgan fingerprint density at radius 3 is 2.32 bits per heavy atom. The van der Waals surface area contributed by atoms with Gasteiger partial charge in [-0.1, -0.05) is 27.7 Å². The van der Waals surface area contributed by atoms with Crippen molar-refractivity contribution in [3.05, 3.63) is 11.8 Å². The number of aromatic nitrogens is 2. The zero-order valence-corrected chi connectivity index (χ0v) is 12.2. The van der Waals surface area contributed by atoms with Crippen LogP contribution in [0.3, 0.4) is 0 Å². The van der Waals surface area contributed by atoms with Crippen molar-refractivity contribution in [3.63, 3.8) is 0 Å². The number of hydrogen-bond acceptors (Lipinski definition) is 3. The number of hydrogen-bond donors (Lipinski definition) is 2. The average Bonchev–Trinajstić information content (AvgIpc) is 2.66. The molecule has 0 aliphatic carbocycles. The summed E-state index contributed by atoms with van der Waals surface area (Å²) in [4.78, 5) is 23.2. The fourth-order valence-electron chi connectivity index (χ4n) is 1.42. The van der Waals surface area contributed by atoms with E-state index in [-0.39, 0.29) is 23.7 Å². The highest BCUT2D eigenvalue weighted by Gasteiger charge is 2.14. The van der Waals surface area contributed by atoms with E-state index in [1.807, 2.05) is 27.7 Å².